The standard InChI is InChI=1S/C14H18FNO3S/c1-3-14(4-2,13(18)19)16-12(17)9-20-11-7-5-10(15)6-8-11/h5-8H,3-4,9H2,1-2H3,(H,16,17)(H,18,19). The number of carbonyl (C=O) groups excluding carboxylic acids is 1. The molecule has 1 aromatic carbocycles. The van der Waals surface area contributed by atoms with Crippen LogP contribution in [-0.4, -0.2) is 28.3 Å². The van der Waals surface area contributed by atoms with Gasteiger partial charge in [-0.25, -0.2) is 9.18 Å². The Bertz CT molecular complexity index is 472. The van der Waals surface area contributed by atoms with Gasteiger partial charge in [0.25, 0.3) is 0 Å². The highest BCUT2D eigenvalue weighted by Crippen LogP contribution is 2.20. The zero-order valence-corrected chi connectivity index (χ0v) is 12.3. The second-order valence-electron chi connectivity index (χ2n) is 4.39. The zero-order chi connectivity index (χ0) is 15.2. The Morgan fingerprint density at radius 2 is 1.80 bits per heavy atom. The van der Waals surface area contributed by atoms with Gasteiger partial charge in [0.05, 0.1) is 5.75 Å². The van der Waals surface area contributed by atoms with Crippen LogP contribution in [0.1, 0.15) is 26.7 Å². The maximum atomic E-state index is 12.7. The molecule has 0 aromatic heterocycles. The van der Waals surface area contributed by atoms with E-state index >= 15 is 0 Å². The molecule has 6 heteroatoms. The highest BCUT2D eigenvalue weighted by atomic mass is 32.2. The quantitative estimate of drug-likeness (QED) is 0.760. The molecular formula is C14H18FNO3S. The molecule has 0 saturated heterocycles. The van der Waals surface area contributed by atoms with Gasteiger partial charge in [-0.15, -0.1) is 11.8 Å². The first kappa shape index (κ1) is 16.5. The summed E-state index contributed by atoms with van der Waals surface area (Å²) in [5, 5.41) is 11.8. The van der Waals surface area contributed by atoms with Crippen LogP contribution >= 0.6 is 11.8 Å². The second-order valence-corrected chi connectivity index (χ2v) is 5.43. The number of nitrogens with one attached hydrogen (secondary N) is 1. The molecule has 0 heterocycles. The topological polar surface area (TPSA) is 66.4 Å². The predicted molar refractivity (Wildman–Crippen MR) is 76.2 cm³/mol. The zero-order valence-electron chi connectivity index (χ0n) is 11.5. The molecule has 0 spiro atoms. The third kappa shape index (κ3) is 4.23. The minimum absolute atomic E-state index is 0.0979. The summed E-state index contributed by atoms with van der Waals surface area (Å²) in [5.74, 6) is -1.60. The fourth-order valence-corrected chi connectivity index (χ4v) is 2.46. The van der Waals surface area contributed by atoms with Crippen molar-refractivity contribution in [3.63, 3.8) is 0 Å². The number of aliphatic carboxylic acids is 1. The number of hydrogen-bond acceptors (Lipinski definition) is 3. The lowest BCUT2D eigenvalue weighted by molar-refractivity contribution is -0.147. The summed E-state index contributed by atoms with van der Waals surface area (Å²) < 4.78 is 12.7. The van der Waals surface area contributed by atoms with Crippen molar-refractivity contribution in [2.45, 2.75) is 37.1 Å². The molecule has 0 saturated carbocycles. The third-order valence-corrected chi connectivity index (χ3v) is 4.19. The van der Waals surface area contributed by atoms with Crippen LogP contribution in [0.2, 0.25) is 0 Å². The molecule has 1 rings (SSSR count). The lowest BCUT2D eigenvalue weighted by Crippen LogP contribution is -2.54. The van der Waals surface area contributed by atoms with Crippen molar-refractivity contribution in [3.8, 4) is 0 Å². The normalized spacial score (nSPS) is 11.2. The number of amides is 1. The Morgan fingerprint density at radius 1 is 1.25 bits per heavy atom. The van der Waals surface area contributed by atoms with E-state index in [9.17, 15) is 19.1 Å². The molecule has 0 unspecified atom stereocenters. The molecule has 20 heavy (non-hydrogen) atoms. The molecule has 0 fully saturated rings. The summed E-state index contributed by atoms with van der Waals surface area (Å²) >= 11 is 1.24. The SMILES string of the molecule is CCC(CC)(NC(=O)CSc1ccc(F)cc1)C(=O)O. The first-order valence-corrected chi connectivity index (χ1v) is 7.35. The number of halogens is 1. The van der Waals surface area contributed by atoms with Gasteiger partial charge in [0.1, 0.15) is 11.4 Å². The number of carboxylic acid groups (broad SMARTS) is 1. The number of rotatable bonds is 7. The number of thioether (sulfide) groups is 1. The van der Waals surface area contributed by atoms with Crippen molar-refractivity contribution < 1.29 is 19.1 Å². The molecule has 0 aliphatic rings. The summed E-state index contributed by atoms with van der Waals surface area (Å²) in [6.07, 6.45) is 0.650. The smallest absolute Gasteiger partial charge is 0.329 e. The lowest BCUT2D eigenvalue weighted by Gasteiger charge is -2.27. The minimum Gasteiger partial charge on any atom is -0.480 e. The van der Waals surface area contributed by atoms with Gasteiger partial charge in [-0.3, -0.25) is 4.79 Å². The lowest BCUT2D eigenvalue weighted by atomic mass is 9.93. The van der Waals surface area contributed by atoms with Gasteiger partial charge < -0.3 is 10.4 Å². The summed E-state index contributed by atoms with van der Waals surface area (Å²) in [4.78, 5) is 23.9. The van der Waals surface area contributed by atoms with Crippen LogP contribution in [0.3, 0.4) is 0 Å². The molecule has 0 aliphatic heterocycles. The van der Waals surface area contributed by atoms with Crippen molar-refractivity contribution in [1.29, 1.82) is 0 Å². The molecule has 1 aromatic rings. The highest BCUT2D eigenvalue weighted by molar-refractivity contribution is 8.00. The Labute approximate surface area is 121 Å². The van der Waals surface area contributed by atoms with Gasteiger partial charge >= 0.3 is 5.97 Å². The average molecular weight is 299 g/mol. The maximum Gasteiger partial charge on any atom is 0.329 e. The Hall–Kier alpha value is -1.56. The van der Waals surface area contributed by atoms with E-state index in [0.717, 1.165) is 4.90 Å². The third-order valence-electron chi connectivity index (χ3n) is 3.18. The minimum atomic E-state index is -1.21. The Balaban J connectivity index is 2.58. The van der Waals surface area contributed by atoms with E-state index in [0.29, 0.717) is 12.8 Å². The van der Waals surface area contributed by atoms with Crippen molar-refractivity contribution in [2.75, 3.05) is 5.75 Å². The van der Waals surface area contributed by atoms with Gasteiger partial charge in [0.2, 0.25) is 5.91 Å². The van der Waals surface area contributed by atoms with Crippen LogP contribution < -0.4 is 5.32 Å². The molecule has 2 N–H and O–H groups in total. The van der Waals surface area contributed by atoms with E-state index in [1.807, 2.05) is 0 Å². The highest BCUT2D eigenvalue weighted by Gasteiger charge is 2.36. The Morgan fingerprint density at radius 3 is 2.25 bits per heavy atom. The maximum absolute atomic E-state index is 12.7. The summed E-state index contributed by atoms with van der Waals surface area (Å²) in [7, 11) is 0. The van der Waals surface area contributed by atoms with Crippen LogP contribution in [0, 0.1) is 5.82 Å². The molecule has 4 nitrogen and oxygen atoms in total. The molecule has 1 amide bonds. The van der Waals surface area contributed by atoms with Crippen LogP contribution in [0.25, 0.3) is 0 Å². The van der Waals surface area contributed by atoms with E-state index in [2.05, 4.69) is 5.32 Å². The molecule has 0 atom stereocenters. The van der Waals surface area contributed by atoms with Gasteiger partial charge in [-0.1, -0.05) is 13.8 Å². The van der Waals surface area contributed by atoms with E-state index in [1.54, 1.807) is 26.0 Å². The molecular weight excluding hydrogens is 281 g/mol. The number of hydrogen-bond donors (Lipinski definition) is 2. The average Bonchev–Trinajstić information content (AvgIpc) is 2.44. The first-order valence-electron chi connectivity index (χ1n) is 6.36. The molecule has 0 aliphatic carbocycles. The molecule has 0 radical (unpaired) electrons. The number of carbonyl (C=O) groups is 2. The summed E-state index contributed by atoms with van der Waals surface area (Å²) in [6, 6.07) is 5.80. The van der Waals surface area contributed by atoms with E-state index < -0.39 is 11.5 Å². The van der Waals surface area contributed by atoms with Gasteiger partial charge in [0, 0.05) is 4.90 Å². The van der Waals surface area contributed by atoms with Gasteiger partial charge in [-0.2, -0.15) is 0 Å². The van der Waals surface area contributed by atoms with Crippen LogP contribution in [0.4, 0.5) is 4.39 Å². The number of benzene rings is 1. The van der Waals surface area contributed by atoms with Crippen LogP contribution in [-0.2, 0) is 9.59 Å². The molecule has 0 bridgehead atoms. The summed E-state index contributed by atoms with van der Waals surface area (Å²) in [6.45, 7) is 3.45. The van der Waals surface area contributed by atoms with Gasteiger partial charge in [0.15, 0.2) is 0 Å². The van der Waals surface area contributed by atoms with Crippen molar-refractivity contribution in [1.82, 2.24) is 5.32 Å². The van der Waals surface area contributed by atoms with E-state index in [1.165, 1.54) is 23.9 Å². The largest absolute Gasteiger partial charge is 0.480 e. The fourth-order valence-electron chi connectivity index (χ4n) is 1.77. The van der Waals surface area contributed by atoms with Crippen LogP contribution in [0.15, 0.2) is 29.2 Å². The van der Waals surface area contributed by atoms with Crippen molar-refractivity contribution in [3.05, 3.63) is 30.1 Å². The summed E-state index contributed by atoms with van der Waals surface area (Å²) in [5.41, 5.74) is -1.21. The van der Waals surface area contributed by atoms with E-state index in [4.69, 9.17) is 0 Å². The second kappa shape index (κ2) is 7.28. The first-order chi connectivity index (χ1) is 9.43. The van der Waals surface area contributed by atoms with Gasteiger partial charge in [-0.05, 0) is 37.1 Å². The Kier molecular flexibility index (Phi) is 6.01. The van der Waals surface area contributed by atoms with Crippen molar-refractivity contribution >= 4 is 23.6 Å². The van der Waals surface area contributed by atoms with Crippen LogP contribution in [0.5, 0.6) is 0 Å². The van der Waals surface area contributed by atoms with E-state index in [-0.39, 0.29) is 17.5 Å². The number of carboxylic acids is 1. The monoisotopic (exact) mass is 299 g/mol. The molecule has 110 valence electrons. The van der Waals surface area contributed by atoms with Crippen molar-refractivity contribution in [2.24, 2.45) is 0 Å². The fraction of sp³-hybridized carbons (Fsp3) is 0.429. The predicted octanol–water partition coefficient (Wildman–Crippen LogP) is 2.68.